The topological polar surface area (TPSA) is 0 Å². The van der Waals surface area contributed by atoms with Crippen molar-refractivity contribution in [2.24, 2.45) is 0 Å². The fourth-order valence-corrected chi connectivity index (χ4v) is 0.783. The maximum atomic E-state index is 12.4. The van der Waals surface area contributed by atoms with Gasteiger partial charge in [-0.3, -0.25) is 0 Å². The van der Waals surface area contributed by atoms with Gasteiger partial charge < -0.3 is 0 Å². The van der Waals surface area contributed by atoms with Crippen molar-refractivity contribution < 1.29 is 30.7 Å². The first-order valence-corrected chi connectivity index (χ1v) is 3.87. The number of hydrogen-bond donors (Lipinski definition) is 0. The summed E-state index contributed by atoms with van der Waals surface area (Å²) in [5, 5.41) is -5.38. The zero-order valence-corrected chi connectivity index (χ0v) is 7.65. The summed E-state index contributed by atoms with van der Waals surface area (Å²) in [5.74, 6) is -11.3. The van der Waals surface area contributed by atoms with Crippen LogP contribution in [0.5, 0.6) is 0 Å². The molecular weight excluding hydrogens is 237 g/mol. The molecule has 0 amide bonds. The van der Waals surface area contributed by atoms with Crippen LogP contribution >= 0.6 is 12.6 Å². The minimum absolute atomic E-state index is 0.830. The Labute approximate surface area is 80.9 Å². The van der Waals surface area contributed by atoms with Gasteiger partial charge in [-0.2, -0.15) is 26.3 Å². The molecule has 1 atom stereocenters. The van der Waals surface area contributed by atoms with Gasteiger partial charge in [0.05, 0.1) is 0 Å². The van der Waals surface area contributed by atoms with Crippen molar-refractivity contribution >= 4 is 12.6 Å². The first-order chi connectivity index (χ1) is 5.98. The van der Waals surface area contributed by atoms with Crippen molar-refractivity contribution in [3.63, 3.8) is 0 Å². The van der Waals surface area contributed by atoms with E-state index in [2.05, 4.69) is 12.6 Å². The van der Waals surface area contributed by atoms with Crippen molar-refractivity contribution in [1.29, 1.82) is 0 Å². The minimum Gasteiger partial charge on any atom is -0.241 e. The van der Waals surface area contributed by atoms with Gasteiger partial charge in [0.2, 0.25) is 0 Å². The van der Waals surface area contributed by atoms with E-state index in [-0.39, 0.29) is 0 Å². The third kappa shape index (κ3) is 2.09. The highest BCUT2D eigenvalue weighted by Crippen LogP contribution is 2.50. The molecule has 0 saturated carbocycles. The molecule has 0 nitrogen and oxygen atoms in total. The third-order valence-corrected chi connectivity index (χ3v) is 1.79. The highest BCUT2D eigenvalue weighted by atomic mass is 32.1. The highest BCUT2D eigenvalue weighted by Gasteiger charge is 2.73. The average molecular weight is 243 g/mol. The number of halogens is 7. The molecule has 0 aromatic rings. The Kier molecular flexibility index (Phi) is 3.75. The van der Waals surface area contributed by atoms with Crippen molar-refractivity contribution in [2.75, 3.05) is 0 Å². The first-order valence-electron chi connectivity index (χ1n) is 3.46. The van der Waals surface area contributed by atoms with Gasteiger partial charge in [-0.25, -0.2) is 4.39 Å². The Hall–Kier alpha value is -0.140. The number of hydrogen-bond acceptors (Lipinski definition) is 0. The van der Waals surface area contributed by atoms with Crippen molar-refractivity contribution in [3.05, 3.63) is 0 Å². The van der Waals surface area contributed by atoms with Crippen LogP contribution in [-0.2, 0) is 0 Å². The fraction of sp³-hybridized carbons (Fsp3) is 1.00. The molecule has 1 unspecified atom stereocenters. The average Bonchev–Trinajstić information content (AvgIpc) is 2.00. The molecule has 0 aliphatic heterocycles. The Morgan fingerprint density at radius 1 is 1.07 bits per heavy atom. The van der Waals surface area contributed by atoms with Crippen molar-refractivity contribution in [3.8, 4) is 0 Å². The third-order valence-electron chi connectivity index (χ3n) is 1.54. The summed E-state index contributed by atoms with van der Waals surface area (Å²) in [5.41, 5.74) is 0. The van der Waals surface area contributed by atoms with E-state index < -0.39 is 29.7 Å². The Bertz CT molecular complexity index is 197. The van der Waals surface area contributed by atoms with Crippen molar-refractivity contribution in [1.82, 2.24) is 0 Å². The predicted molar refractivity (Wildman–Crippen MR) is 37.6 cm³/mol. The van der Waals surface area contributed by atoms with Crippen LogP contribution in [0.25, 0.3) is 0 Å². The Morgan fingerprint density at radius 3 is 1.64 bits per heavy atom. The molecule has 0 heterocycles. The second-order valence-corrected chi connectivity index (χ2v) is 3.10. The van der Waals surface area contributed by atoms with E-state index >= 15 is 0 Å². The van der Waals surface area contributed by atoms with Crippen LogP contribution in [-0.4, -0.2) is 23.3 Å². The zero-order chi connectivity index (χ0) is 11.8. The van der Waals surface area contributed by atoms with Gasteiger partial charge in [0.1, 0.15) is 0 Å². The molecule has 0 aromatic carbocycles. The van der Waals surface area contributed by atoms with Crippen LogP contribution in [0.15, 0.2) is 0 Å². The lowest BCUT2D eigenvalue weighted by Gasteiger charge is -2.31. The standard InChI is InChI=1S/C6H6F7S/c1-2-3(7)4(8,9)5(10,11)6(12,13)14/h3H,2H2,1H3. The van der Waals surface area contributed by atoms with Gasteiger partial charge in [-0.05, 0) is 19.0 Å². The molecule has 8 heteroatoms. The van der Waals surface area contributed by atoms with Gasteiger partial charge in [0.25, 0.3) is 0 Å². The summed E-state index contributed by atoms with van der Waals surface area (Å²) in [6.45, 7) is 0.830. The van der Waals surface area contributed by atoms with Crippen LogP contribution in [0.4, 0.5) is 30.7 Å². The zero-order valence-electron chi connectivity index (χ0n) is 6.84. The molecule has 0 N–H and O–H groups in total. The maximum Gasteiger partial charge on any atom is 0.385 e. The van der Waals surface area contributed by atoms with Crippen molar-refractivity contribution in [2.45, 2.75) is 36.6 Å². The molecule has 14 heavy (non-hydrogen) atoms. The molecule has 0 fully saturated rings. The van der Waals surface area contributed by atoms with E-state index in [4.69, 9.17) is 0 Å². The van der Waals surface area contributed by atoms with E-state index in [1.807, 2.05) is 0 Å². The van der Waals surface area contributed by atoms with Crippen LogP contribution in [0.1, 0.15) is 13.3 Å². The molecule has 0 aliphatic rings. The van der Waals surface area contributed by atoms with Gasteiger partial charge in [0, 0.05) is 0 Å². The van der Waals surface area contributed by atoms with Crippen LogP contribution < -0.4 is 0 Å². The lowest BCUT2D eigenvalue weighted by atomic mass is 10.1. The van der Waals surface area contributed by atoms with E-state index in [0.29, 0.717) is 0 Å². The highest BCUT2D eigenvalue weighted by molar-refractivity contribution is 7.81. The molecule has 85 valence electrons. The Balaban J connectivity index is 5.07. The van der Waals surface area contributed by atoms with E-state index in [0.717, 1.165) is 6.92 Å². The van der Waals surface area contributed by atoms with Gasteiger partial charge in [0.15, 0.2) is 6.17 Å². The van der Waals surface area contributed by atoms with E-state index in [1.54, 1.807) is 0 Å². The quantitative estimate of drug-likeness (QED) is 0.659. The molecule has 0 aliphatic carbocycles. The molecule has 1 radical (unpaired) electrons. The lowest BCUT2D eigenvalue weighted by molar-refractivity contribution is -0.295. The van der Waals surface area contributed by atoms with Crippen LogP contribution in [0, 0.1) is 0 Å². The second kappa shape index (κ2) is 3.79. The normalized spacial score (nSPS) is 16.9. The summed E-state index contributed by atoms with van der Waals surface area (Å²) >= 11 is 2.91. The fourth-order valence-electron chi connectivity index (χ4n) is 0.647. The number of rotatable bonds is 4. The van der Waals surface area contributed by atoms with Crippen LogP contribution in [0.3, 0.4) is 0 Å². The summed E-state index contributed by atoms with van der Waals surface area (Å²) in [4.78, 5) is 0. The SMILES string of the molecule is CCC(F)C(F)(F)C(F)(F)C(F)(F)[S]. The summed E-state index contributed by atoms with van der Waals surface area (Å²) in [7, 11) is 0. The smallest absolute Gasteiger partial charge is 0.241 e. The van der Waals surface area contributed by atoms with E-state index in [9.17, 15) is 30.7 Å². The molecule has 0 rings (SSSR count). The molecule has 0 aromatic heterocycles. The summed E-state index contributed by atoms with van der Waals surface area (Å²) in [6.07, 6.45) is -4.36. The van der Waals surface area contributed by atoms with Gasteiger partial charge in [-0.15, -0.1) is 0 Å². The van der Waals surface area contributed by atoms with E-state index in [1.165, 1.54) is 0 Å². The molecular formula is C6H6F7S. The largest absolute Gasteiger partial charge is 0.385 e. The Morgan fingerprint density at radius 2 is 1.43 bits per heavy atom. The lowest BCUT2D eigenvalue weighted by Crippen LogP contribution is -2.56. The molecule has 0 bridgehead atoms. The second-order valence-electron chi connectivity index (χ2n) is 2.59. The van der Waals surface area contributed by atoms with Gasteiger partial charge in [-0.1, -0.05) is 6.92 Å². The maximum absolute atomic E-state index is 12.4. The van der Waals surface area contributed by atoms with Gasteiger partial charge >= 0.3 is 17.1 Å². The summed E-state index contributed by atoms with van der Waals surface area (Å²) < 4.78 is 85.6. The first kappa shape index (κ1) is 13.9. The summed E-state index contributed by atoms with van der Waals surface area (Å²) in [6, 6.07) is 0. The number of alkyl halides is 7. The predicted octanol–water partition coefficient (Wildman–Crippen LogP) is 3.80. The minimum atomic E-state index is -5.87. The monoisotopic (exact) mass is 243 g/mol. The molecule has 0 spiro atoms. The molecule has 0 saturated heterocycles. The van der Waals surface area contributed by atoms with Crippen LogP contribution in [0.2, 0.25) is 0 Å².